The van der Waals surface area contributed by atoms with Gasteiger partial charge in [-0.2, -0.15) is 11.8 Å². The molecule has 0 aromatic rings. The second-order valence-electron chi connectivity index (χ2n) is 4.39. The number of aliphatic hydroxyl groups excluding tert-OH is 1. The molecular formula is C12H21NO3S. The van der Waals surface area contributed by atoms with Gasteiger partial charge in [0.05, 0.1) is 12.1 Å². The van der Waals surface area contributed by atoms with Gasteiger partial charge in [0.2, 0.25) is 5.91 Å². The molecule has 1 heterocycles. The third kappa shape index (κ3) is 4.00. The Kier molecular flexibility index (Phi) is 5.98. The monoisotopic (exact) mass is 259 g/mol. The fraction of sp³-hybridized carbons (Fsp3) is 0.833. The number of carbonyl (C=O) groups is 2. The third-order valence-electron chi connectivity index (χ3n) is 3.06. The largest absolute Gasteiger partial charge is 0.390 e. The van der Waals surface area contributed by atoms with Gasteiger partial charge in [-0.3, -0.25) is 9.59 Å². The smallest absolute Gasteiger partial charge is 0.233 e. The molecule has 0 aromatic carbocycles. The Morgan fingerprint density at radius 1 is 1.47 bits per heavy atom. The minimum Gasteiger partial charge on any atom is -0.390 e. The Hall–Kier alpha value is -0.550. The van der Waals surface area contributed by atoms with Crippen molar-refractivity contribution in [3.63, 3.8) is 0 Å². The van der Waals surface area contributed by atoms with E-state index in [1.807, 2.05) is 11.8 Å². The topological polar surface area (TPSA) is 66.4 Å². The van der Waals surface area contributed by atoms with Crippen LogP contribution in [-0.4, -0.2) is 40.4 Å². The molecule has 1 saturated heterocycles. The van der Waals surface area contributed by atoms with Crippen LogP contribution in [0.1, 0.15) is 33.1 Å². The lowest BCUT2D eigenvalue weighted by molar-refractivity contribution is -0.132. The molecule has 0 saturated carbocycles. The predicted octanol–water partition coefficient (Wildman–Crippen LogP) is 0.974. The van der Waals surface area contributed by atoms with Crippen LogP contribution in [0, 0.1) is 5.92 Å². The van der Waals surface area contributed by atoms with Crippen LogP contribution >= 0.6 is 11.8 Å². The van der Waals surface area contributed by atoms with Crippen LogP contribution in [0.15, 0.2) is 0 Å². The van der Waals surface area contributed by atoms with E-state index in [9.17, 15) is 14.7 Å². The van der Waals surface area contributed by atoms with Gasteiger partial charge < -0.3 is 10.4 Å². The van der Waals surface area contributed by atoms with Gasteiger partial charge in [0.25, 0.3) is 0 Å². The van der Waals surface area contributed by atoms with E-state index in [-0.39, 0.29) is 17.7 Å². The first-order chi connectivity index (χ1) is 8.07. The number of unbranched alkanes of at least 4 members (excludes halogenated alkanes) is 1. The van der Waals surface area contributed by atoms with Crippen LogP contribution in [-0.2, 0) is 9.59 Å². The predicted molar refractivity (Wildman–Crippen MR) is 69.0 cm³/mol. The number of rotatable bonds is 7. The Morgan fingerprint density at radius 2 is 2.18 bits per heavy atom. The molecule has 2 N–H and O–H groups in total. The molecule has 0 aromatic heterocycles. The zero-order chi connectivity index (χ0) is 12.8. The molecule has 0 aliphatic carbocycles. The number of aliphatic hydroxyl groups is 1. The van der Waals surface area contributed by atoms with E-state index < -0.39 is 12.0 Å². The Labute approximate surface area is 107 Å². The van der Waals surface area contributed by atoms with E-state index in [0.717, 1.165) is 30.8 Å². The van der Waals surface area contributed by atoms with Crippen molar-refractivity contribution in [2.75, 3.05) is 11.5 Å². The first-order valence-electron chi connectivity index (χ1n) is 6.14. The average Bonchev–Trinajstić information content (AvgIpc) is 2.53. The summed E-state index contributed by atoms with van der Waals surface area (Å²) in [6, 6.07) is -0.247. The highest BCUT2D eigenvalue weighted by Gasteiger charge is 2.43. The summed E-state index contributed by atoms with van der Waals surface area (Å²) in [6.45, 7) is 3.48. The lowest BCUT2D eigenvalue weighted by Gasteiger charge is -2.15. The third-order valence-corrected chi connectivity index (χ3v) is 4.05. The molecule has 1 aliphatic heterocycles. The van der Waals surface area contributed by atoms with Crippen LogP contribution < -0.4 is 5.32 Å². The number of ketones is 1. The molecule has 0 radical (unpaired) electrons. The summed E-state index contributed by atoms with van der Waals surface area (Å²) in [4.78, 5) is 22.7. The van der Waals surface area contributed by atoms with E-state index >= 15 is 0 Å². The van der Waals surface area contributed by atoms with Crippen molar-refractivity contribution in [3.05, 3.63) is 0 Å². The zero-order valence-corrected chi connectivity index (χ0v) is 11.3. The normalized spacial score (nSPS) is 28.2. The minimum atomic E-state index is -0.856. The van der Waals surface area contributed by atoms with E-state index in [2.05, 4.69) is 12.2 Å². The Bertz CT molecular complexity index is 283. The second kappa shape index (κ2) is 7.01. The van der Waals surface area contributed by atoms with Crippen LogP contribution in [0.3, 0.4) is 0 Å². The van der Waals surface area contributed by atoms with Crippen molar-refractivity contribution in [1.29, 1.82) is 0 Å². The minimum absolute atomic E-state index is 0.247. The Balaban J connectivity index is 2.31. The average molecular weight is 259 g/mol. The summed E-state index contributed by atoms with van der Waals surface area (Å²) in [5, 5.41) is 12.6. The zero-order valence-electron chi connectivity index (χ0n) is 10.4. The van der Waals surface area contributed by atoms with Crippen molar-refractivity contribution in [2.45, 2.75) is 45.3 Å². The van der Waals surface area contributed by atoms with E-state index in [1.165, 1.54) is 6.92 Å². The highest BCUT2D eigenvalue weighted by molar-refractivity contribution is 7.99. The maximum atomic E-state index is 11.5. The van der Waals surface area contributed by atoms with Crippen LogP contribution in [0.5, 0.6) is 0 Å². The van der Waals surface area contributed by atoms with E-state index in [4.69, 9.17) is 0 Å². The summed E-state index contributed by atoms with van der Waals surface area (Å²) in [6.07, 6.45) is 1.96. The quantitative estimate of drug-likeness (QED) is 0.528. The van der Waals surface area contributed by atoms with Crippen molar-refractivity contribution in [2.24, 2.45) is 5.92 Å². The van der Waals surface area contributed by atoms with Gasteiger partial charge in [-0.25, -0.2) is 0 Å². The molecule has 1 rings (SSSR count). The van der Waals surface area contributed by atoms with Gasteiger partial charge in [-0.1, -0.05) is 13.3 Å². The van der Waals surface area contributed by atoms with Crippen molar-refractivity contribution >= 4 is 23.5 Å². The number of nitrogens with one attached hydrogen (secondary N) is 1. The number of carbonyl (C=O) groups excluding carboxylic acids is 2. The molecule has 4 nitrogen and oxygen atoms in total. The molecule has 1 amide bonds. The van der Waals surface area contributed by atoms with Gasteiger partial charge in [0, 0.05) is 0 Å². The molecule has 1 fully saturated rings. The molecule has 17 heavy (non-hydrogen) atoms. The lowest BCUT2D eigenvalue weighted by Crippen LogP contribution is -2.32. The SMILES string of the molecule is CCSCCCCC1NC(=O)C(C(C)=O)C1O. The first kappa shape index (κ1) is 14.5. The second-order valence-corrected chi connectivity index (χ2v) is 5.78. The number of Topliss-reactive ketones (excluding diaryl/α,β-unsaturated/α-hetero) is 1. The van der Waals surface area contributed by atoms with E-state index in [1.54, 1.807) is 0 Å². The standard InChI is InChI=1S/C12H21NO3S/c1-3-17-7-5-4-6-9-11(15)10(8(2)14)12(16)13-9/h9-11,15H,3-7H2,1-2H3,(H,13,16). The maximum absolute atomic E-state index is 11.5. The number of hydrogen-bond donors (Lipinski definition) is 2. The summed E-state index contributed by atoms with van der Waals surface area (Å²) in [7, 11) is 0. The van der Waals surface area contributed by atoms with Gasteiger partial charge in [-0.15, -0.1) is 0 Å². The summed E-state index contributed by atoms with van der Waals surface area (Å²) in [5.41, 5.74) is 0. The number of amides is 1. The number of hydrogen-bond acceptors (Lipinski definition) is 4. The van der Waals surface area contributed by atoms with Crippen molar-refractivity contribution < 1.29 is 14.7 Å². The molecular weight excluding hydrogens is 238 g/mol. The molecule has 0 bridgehead atoms. The Morgan fingerprint density at radius 3 is 2.71 bits per heavy atom. The lowest BCUT2D eigenvalue weighted by atomic mass is 9.95. The first-order valence-corrected chi connectivity index (χ1v) is 7.30. The van der Waals surface area contributed by atoms with Crippen LogP contribution in [0.4, 0.5) is 0 Å². The van der Waals surface area contributed by atoms with Crippen LogP contribution in [0.25, 0.3) is 0 Å². The summed E-state index contributed by atoms with van der Waals surface area (Å²) < 4.78 is 0. The van der Waals surface area contributed by atoms with Crippen molar-refractivity contribution in [1.82, 2.24) is 5.32 Å². The van der Waals surface area contributed by atoms with Gasteiger partial charge in [-0.05, 0) is 31.3 Å². The maximum Gasteiger partial charge on any atom is 0.233 e. The molecule has 98 valence electrons. The molecule has 1 aliphatic rings. The van der Waals surface area contributed by atoms with E-state index in [0.29, 0.717) is 0 Å². The highest BCUT2D eigenvalue weighted by atomic mass is 32.2. The fourth-order valence-electron chi connectivity index (χ4n) is 2.13. The highest BCUT2D eigenvalue weighted by Crippen LogP contribution is 2.21. The van der Waals surface area contributed by atoms with Gasteiger partial charge >= 0.3 is 0 Å². The summed E-state index contributed by atoms with van der Waals surface area (Å²) in [5.74, 6) is 0.806. The fourth-order valence-corrected chi connectivity index (χ4v) is 2.82. The van der Waals surface area contributed by atoms with Crippen molar-refractivity contribution in [3.8, 4) is 0 Å². The number of thioether (sulfide) groups is 1. The molecule has 0 spiro atoms. The molecule has 3 atom stereocenters. The van der Waals surface area contributed by atoms with Gasteiger partial charge in [0.1, 0.15) is 11.7 Å². The molecule has 3 unspecified atom stereocenters. The summed E-state index contributed by atoms with van der Waals surface area (Å²) >= 11 is 1.89. The van der Waals surface area contributed by atoms with Gasteiger partial charge in [0.15, 0.2) is 0 Å². The van der Waals surface area contributed by atoms with Crippen LogP contribution in [0.2, 0.25) is 0 Å². The molecule has 5 heteroatoms.